The molecule has 0 aromatic rings. The molecule has 0 unspecified atom stereocenters. The van der Waals surface area contributed by atoms with Crippen LogP contribution in [0.1, 0.15) is 350 Å². The van der Waals surface area contributed by atoms with Gasteiger partial charge in [-0.1, -0.05) is 138 Å². The smallest absolute Gasteiger partial charge is 0.321 e. The van der Waals surface area contributed by atoms with Crippen LogP contribution in [0.15, 0.2) is 0 Å². The van der Waals surface area contributed by atoms with E-state index in [-0.39, 0.29) is 145 Å². The van der Waals surface area contributed by atoms with Gasteiger partial charge in [-0.05, 0) is 146 Å². The number of carboxylic acid groups (broad SMARTS) is 2. The first-order valence-corrected chi connectivity index (χ1v) is 59.9. The van der Waals surface area contributed by atoms with Crippen molar-refractivity contribution in [1.29, 1.82) is 0 Å². The van der Waals surface area contributed by atoms with Gasteiger partial charge in [0.25, 0.3) is 20.2 Å². The van der Waals surface area contributed by atoms with Gasteiger partial charge in [-0.15, -0.1) is 0 Å². The summed E-state index contributed by atoms with van der Waals surface area (Å²) < 4.78 is 119. The van der Waals surface area contributed by atoms with Crippen LogP contribution in [-0.4, -0.2) is 317 Å². The van der Waals surface area contributed by atoms with Crippen molar-refractivity contribution in [2.75, 3.05) is 156 Å². The maximum atomic E-state index is 11.8. The lowest BCUT2D eigenvalue weighted by molar-refractivity contribution is -0.142. The third-order valence-corrected chi connectivity index (χ3v) is 25.6. The number of thiol groups is 10. The van der Waals surface area contributed by atoms with Crippen LogP contribution < -0.4 is 16.8 Å². The SMILES string of the molecule is CC(C)(S)CC(=O)NCCS(=O)(=O)O.CC(C)(S)CC(=O)O.CC(C)(S)CCC(=O)CCCN.CC(C)(S)CCC(=O)CCCOCCO.CC(C)(S)CCC(=O)COCCO.CC(C)(S)CCC(=O)O.CCCCC(=O)CCC(C)(C)S.COCCOCCCC(=O)CCC(C)(C)S.COCCOCCCS(=O)(=O)CC(=O)OCCOCCCC(=O)CCC(C)(C)S.NCCS(=O)(=O)O.SC12CC3CC(CC(C3)C1)C2. The van der Waals surface area contributed by atoms with E-state index in [9.17, 15) is 73.2 Å². The minimum Gasteiger partial charge on any atom is -0.481 e. The highest BCUT2D eigenvalue weighted by molar-refractivity contribution is 7.92. The van der Waals surface area contributed by atoms with Gasteiger partial charge in [0, 0.05) is 185 Å². The van der Waals surface area contributed by atoms with Gasteiger partial charge < -0.3 is 75.1 Å². The number of methoxy groups -OCH3 is 2. The van der Waals surface area contributed by atoms with Gasteiger partial charge in [0.15, 0.2) is 15.6 Å². The molecule has 0 saturated heterocycles. The first kappa shape index (κ1) is 160. The molecule has 11 N–H and O–H groups in total. The number of carbonyl (C=O) groups excluding carboxylic acids is 8. The molecule has 872 valence electrons. The van der Waals surface area contributed by atoms with Gasteiger partial charge in [-0.3, -0.25) is 57.1 Å². The molecule has 0 aromatic heterocycles. The summed E-state index contributed by atoms with van der Waals surface area (Å²) in [6.07, 6.45) is 26.8. The third kappa shape index (κ3) is 145. The minimum absolute atomic E-state index is 0.00186. The van der Waals surface area contributed by atoms with Crippen LogP contribution in [0.3, 0.4) is 0 Å². The van der Waals surface area contributed by atoms with Crippen molar-refractivity contribution < 1.29 is 141 Å². The number of carboxylic acids is 2. The second-order valence-electron chi connectivity index (χ2n) is 42.4. The standard InChI is InChI=1S/C19H36O8S2.C12H24O3S.C11H22O3S.C10H20OS.C10H16S.C9H19NOS.C9H18O3S.C7H15NO4S2.C6H12O2S.C5H10O2S.C2H7NO3S/c1-19(2,28)8-7-17(20)6-4-9-25-13-14-27-18(21)16-29(22,23)15-5-10-26-12-11-24-3;1-12(2,16)7-6-11(13)5-4-8-15-10-9-14-3;1-11(2,15)6-5-10(13)4-3-8-14-9-7-12;1-4-5-6-9(11)7-8-10(2,3)12;11-10-4-7-1-8(5-10)3-9(2-7)6-10;1-9(2,12)6-5-8(11)4-3-7-10;1-9(2,13)4-3-8(11)7-12-6-5-10;1-7(2,13)5-6(9)8-3-4-14(10,11)12;1-6(2,9)4-3-5(7)8;1-5(2,8)3-4(6)7;3-1-2-7(4,5)6/h28H,4-16H2,1-3H3;16H,4-10H2,1-3H3;12,15H,3-9H2,1-2H3;12H,4-8H2,1-3H3;7-9,11H,1-6H2;12H,3-7,10H2,1-2H3;10,13H,3-7H2,1-2H3;13H,3-5H2,1-2H3,(H,8,9)(H,10,11,12);9H,3-4H2,1-2H3,(H,7,8);8H,3H2,1-2H3,(H,6,7);1-3H2,(H,4,5,6). The number of rotatable bonds is 69. The second-order valence-corrected chi connectivity index (χ2v) is 59.6. The number of carbonyl (C=O) groups is 10. The maximum absolute atomic E-state index is 11.8. The van der Waals surface area contributed by atoms with Crippen molar-refractivity contribution >= 4 is 215 Å². The van der Waals surface area contributed by atoms with Crippen molar-refractivity contribution in [3.63, 3.8) is 0 Å². The lowest BCUT2D eigenvalue weighted by Gasteiger charge is -2.54. The molecule has 146 heavy (non-hydrogen) atoms. The fourth-order valence-corrected chi connectivity index (χ4v) is 16.5. The second kappa shape index (κ2) is 89.6. The lowest BCUT2D eigenvalue weighted by atomic mass is 9.56. The van der Waals surface area contributed by atoms with Gasteiger partial charge in [0.05, 0.1) is 83.1 Å². The van der Waals surface area contributed by atoms with Crippen LogP contribution in [0.5, 0.6) is 0 Å². The molecule has 0 spiro atoms. The predicted molar refractivity (Wildman–Crippen MR) is 623 cm³/mol. The van der Waals surface area contributed by atoms with Gasteiger partial charge in [0.2, 0.25) is 5.91 Å². The number of hydrogen-bond acceptors (Lipinski definition) is 38. The molecular weight excluding hydrogens is 2140 g/mol. The summed E-state index contributed by atoms with van der Waals surface area (Å²) in [4.78, 5) is 111. The molecule has 0 heterocycles. The number of unbranched alkanes of at least 4 members (excludes halogenated alkanes) is 1. The normalized spacial score (nSPS) is 15.5. The van der Waals surface area contributed by atoms with Crippen molar-refractivity contribution in [3.05, 3.63) is 0 Å². The molecule has 33 nitrogen and oxygen atoms in total. The van der Waals surface area contributed by atoms with E-state index in [0.717, 1.165) is 94.8 Å². The molecule has 0 atom stereocenters. The minimum atomic E-state index is -4.00. The molecule has 4 fully saturated rings. The van der Waals surface area contributed by atoms with Gasteiger partial charge in [-0.25, -0.2) is 8.42 Å². The topological polar surface area (TPSA) is 532 Å². The molecule has 46 heteroatoms. The number of ether oxygens (including phenoxy) is 8. The molecule has 4 saturated carbocycles. The van der Waals surface area contributed by atoms with E-state index in [4.69, 9.17) is 91.5 Å². The Labute approximate surface area is 935 Å². The van der Waals surface area contributed by atoms with E-state index < -0.39 is 64.2 Å². The van der Waals surface area contributed by atoms with Crippen LogP contribution in [0.4, 0.5) is 0 Å². The third-order valence-electron chi connectivity index (χ3n) is 20.2. The number of ketones is 6. The summed E-state index contributed by atoms with van der Waals surface area (Å²) in [5, 5.41) is 35.6. The highest BCUT2D eigenvalue weighted by Gasteiger charge is 2.49. The van der Waals surface area contributed by atoms with E-state index in [1.807, 2.05) is 96.9 Å². The fourth-order valence-electron chi connectivity index (χ4n) is 12.8. The summed E-state index contributed by atoms with van der Waals surface area (Å²) in [5.41, 5.74) is 10.1. The summed E-state index contributed by atoms with van der Waals surface area (Å²) in [5.74, 6) is 0.477. The molecule has 0 radical (unpaired) electrons. The van der Waals surface area contributed by atoms with Crippen LogP contribution in [0.2, 0.25) is 0 Å². The van der Waals surface area contributed by atoms with E-state index in [1.165, 1.54) is 19.3 Å². The van der Waals surface area contributed by atoms with Crippen LogP contribution >= 0.6 is 126 Å². The average Bonchev–Trinajstić information content (AvgIpc) is 0.759. The number of aliphatic hydroxyl groups is 2. The summed E-state index contributed by atoms with van der Waals surface area (Å²) in [6.45, 7) is 42.4. The number of aliphatic hydroxyl groups excluding tert-OH is 2. The predicted octanol–water partition coefficient (Wildman–Crippen LogP) is 16.8. The van der Waals surface area contributed by atoms with E-state index >= 15 is 0 Å². The quantitative estimate of drug-likeness (QED) is 0.0116. The zero-order valence-electron chi connectivity index (χ0n) is 92.2. The van der Waals surface area contributed by atoms with Gasteiger partial charge in [-0.2, -0.15) is 143 Å². The van der Waals surface area contributed by atoms with Crippen molar-refractivity contribution in [1.82, 2.24) is 5.32 Å². The Morgan fingerprint density at radius 2 is 0.658 bits per heavy atom. The number of aliphatic carboxylic acids is 2. The summed E-state index contributed by atoms with van der Waals surface area (Å²) >= 11 is 43.3. The molecule has 0 aliphatic heterocycles. The summed E-state index contributed by atoms with van der Waals surface area (Å²) in [7, 11) is -8.12. The van der Waals surface area contributed by atoms with Crippen molar-refractivity contribution in [2.45, 2.75) is 397 Å². The van der Waals surface area contributed by atoms with Crippen LogP contribution in [0, 0.1) is 17.8 Å². The molecule has 0 aromatic carbocycles. The average molecular weight is 2340 g/mol. The Bertz CT molecular complexity index is 3690. The molecule has 4 bridgehead atoms. The molecule has 4 aliphatic carbocycles. The Morgan fingerprint density at radius 3 is 0.918 bits per heavy atom. The Kier molecular flexibility index (Phi) is 98.2. The monoisotopic (exact) mass is 2340 g/mol. The highest BCUT2D eigenvalue weighted by atomic mass is 32.2. The Balaban J connectivity index is -0.000000244. The first-order chi connectivity index (χ1) is 66.6. The number of esters is 1. The highest BCUT2D eigenvalue weighted by Crippen LogP contribution is 2.58. The lowest BCUT2D eigenvalue weighted by Crippen LogP contribution is -2.47. The zero-order valence-corrected chi connectivity index (χ0v) is 104. The van der Waals surface area contributed by atoms with Gasteiger partial charge >= 0.3 is 17.9 Å². The summed E-state index contributed by atoms with van der Waals surface area (Å²) in [6, 6.07) is 0. The van der Waals surface area contributed by atoms with Crippen LogP contribution in [0.25, 0.3) is 0 Å². The molecule has 4 rings (SSSR count). The zero-order chi connectivity index (χ0) is 115. The number of Topliss-reactive ketones (excluding diaryl/α,β-unsaturated/α-hetero) is 6. The Morgan fingerprint density at radius 1 is 0.356 bits per heavy atom. The fraction of sp³-hybridized carbons (Fsp3) is 0.900. The van der Waals surface area contributed by atoms with E-state index in [2.05, 4.69) is 126 Å². The Hall–Kier alpha value is -1.27. The number of nitrogens with one attached hydrogen (secondary N) is 1. The van der Waals surface area contributed by atoms with Crippen molar-refractivity contribution in [3.8, 4) is 0 Å². The number of amides is 1. The van der Waals surface area contributed by atoms with E-state index in [0.29, 0.717) is 172 Å². The number of sulfone groups is 1. The van der Waals surface area contributed by atoms with Gasteiger partial charge in [0.1, 0.15) is 47.9 Å². The number of hydrogen-bond donors (Lipinski definition) is 19. The first-order valence-electron chi connectivity index (χ1n) is 50.4. The molecular formula is C100H199N3O30S13. The van der Waals surface area contributed by atoms with E-state index in [1.54, 1.807) is 61.2 Å². The van der Waals surface area contributed by atoms with Crippen molar-refractivity contribution in [2.24, 2.45) is 29.2 Å². The maximum Gasteiger partial charge on any atom is 0.321 e. The van der Waals surface area contributed by atoms with Crippen LogP contribution in [-0.2, 0) is 116 Å². The number of nitrogens with two attached hydrogens (primary N) is 2. The molecule has 1 amide bonds. The largest absolute Gasteiger partial charge is 0.481 e. The molecule has 4 aliphatic rings.